The van der Waals surface area contributed by atoms with Crippen LogP contribution in [-0.4, -0.2) is 32.6 Å². The third kappa shape index (κ3) is 3.38. The second-order valence-corrected chi connectivity index (χ2v) is 4.25. The maximum atomic E-state index is 11.7. The lowest BCUT2D eigenvalue weighted by Gasteiger charge is -1.96. The van der Waals surface area contributed by atoms with Gasteiger partial charge in [0.15, 0.2) is 5.78 Å². The van der Waals surface area contributed by atoms with E-state index >= 15 is 0 Å². The van der Waals surface area contributed by atoms with E-state index in [-0.39, 0.29) is 5.69 Å². The monoisotopic (exact) mass is 272 g/mol. The second kappa shape index (κ2) is 5.92. The number of Topliss-reactive ketones (excluding diaryl/α,β-unsaturated/α-hetero) is 2. The molecule has 0 saturated heterocycles. The van der Waals surface area contributed by atoms with Gasteiger partial charge in [-0.1, -0.05) is 6.07 Å². The van der Waals surface area contributed by atoms with E-state index in [4.69, 9.17) is 5.11 Å². The maximum Gasteiger partial charge on any atom is 0.372 e. The summed E-state index contributed by atoms with van der Waals surface area (Å²) >= 11 is 0. The van der Waals surface area contributed by atoms with E-state index < -0.39 is 24.0 Å². The molecule has 0 unspecified atom stereocenters. The molecule has 0 aliphatic rings. The smallest absolute Gasteiger partial charge is 0.372 e. The van der Waals surface area contributed by atoms with Crippen LogP contribution in [0.5, 0.6) is 0 Å². The summed E-state index contributed by atoms with van der Waals surface area (Å²) in [6, 6.07) is 7.15. The van der Waals surface area contributed by atoms with Gasteiger partial charge in [-0.2, -0.15) is 0 Å². The van der Waals surface area contributed by atoms with E-state index in [1.807, 2.05) is 18.2 Å². The Morgan fingerprint density at radius 1 is 1.25 bits per heavy atom. The zero-order chi connectivity index (χ0) is 14.5. The average molecular weight is 272 g/mol. The standard InChI is InChI=1S/C14H12N2O4/c17-12(7-13(18)14(19)20)11-6-9(8-16-11)5-10-3-1-2-4-15-10/h1-4,6,8,16H,5,7H2,(H,19,20). The first kappa shape index (κ1) is 13.7. The number of aliphatic carboxylic acids is 1. The highest BCUT2D eigenvalue weighted by molar-refractivity contribution is 6.37. The molecule has 0 atom stereocenters. The van der Waals surface area contributed by atoms with Crippen molar-refractivity contribution in [3.8, 4) is 0 Å². The summed E-state index contributed by atoms with van der Waals surface area (Å²) in [4.78, 5) is 40.0. The van der Waals surface area contributed by atoms with Crippen LogP contribution in [0.4, 0.5) is 0 Å². The number of carbonyl (C=O) groups is 3. The number of rotatable bonds is 6. The molecule has 2 rings (SSSR count). The highest BCUT2D eigenvalue weighted by Gasteiger charge is 2.18. The largest absolute Gasteiger partial charge is 0.475 e. The van der Waals surface area contributed by atoms with Gasteiger partial charge in [-0.3, -0.25) is 14.6 Å². The summed E-state index contributed by atoms with van der Waals surface area (Å²) in [5.74, 6) is -3.25. The molecular formula is C14H12N2O4. The highest BCUT2D eigenvalue weighted by Crippen LogP contribution is 2.10. The molecule has 0 bridgehead atoms. The van der Waals surface area contributed by atoms with Crippen LogP contribution >= 0.6 is 0 Å². The summed E-state index contributed by atoms with van der Waals surface area (Å²) in [6.07, 6.45) is 3.24. The van der Waals surface area contributed by atoms with Gasteiger partial charge in [0.05, 0.1) is 12.1 Å². The van der Waals surface area contributed by atoms with Crippen molar-refractivity contribution in [1.82, 2.24) is 9.97 Å². The van der Waals surface area contributed by atoms with Crippen molar-refractivity contribution in [2.45, 2.75) is 12.8 Å². The van der Waals surface area contributed by atoms with Crippen LogP contribution in [0.3, 0.4) is 0 Å². The average Bonchev–Trinajstić information content (AvgIpc) is 2.88. The van der Waals surface area contributed by atoms with E-state index in [2.05, 4.69) is 9.97 Å². The van der Waals surface area contributed by atoms with E-state index in [1.165, 1.54) is 0 Å². The molecule has 2 N–H and O–H groups in total. The van der Waals surface area contributed by atoms with Crippen LogP contribution in [-0.2, 0) is 16.0 Å². The number of H-pyrrole nitrogens is 1. The van der Waals surface area contributed by atoms with Gasteiger partial charge in [0.1, 0.15) is 0 Å². The molecule has 0 spiro atoms. The van der Waals surface area contributed by atoms with Crippen molar-refractivity contribution >= 4 is 17.5 Å². The van der Waals surface area contributed by atoms with Crippen molar-refractivity contribution in [1.29, 1.82) is 0 Å². The van der Waals surface area contributed by atoms with Gasteiger partial charge < -0.3 is 10.1 Å². The fourth-order valence-corrected chi connectivity index (χ4v) is 1.73. The Labute approximate surface area is 114 Å². The molecule has 102 valence electrons. The fourth-order valence-electron chi connectivity index (χ4n) is 1.73. The van der Waals surface area contributed by atoms with Crippen LogP contribution < -0.4 is 0 Å². The predicted molar refractivity (Wildman–Crippen MR) is 69.4 cm³/mol. The van der Waals surface area contributed by atoms with Gasteiger partial charge in [-0.15, -0.1) is 0 Å². The molecule has 20 heavy (non-hydrogen) atoms. The zero-order valence-electron chi connectivity index (χ0n) is 10.5. The summed E-state index contributed by atoms with van der Waals surface area (Å²) in [5, 5.41) is 8.46. The van der Waals surface area contributed by atoms with Gasteiger partial charge in [0, 0.05) is 24.5 Å². The number of aromatic amines is 1. The first-order chi connectivity index (χ1) is 9.56. The second-order valence-electron chi connectivity index (χ2n) is 4.25. The normalized spacial score (nSPS) is 10.2. The minimum Gasteiger partial charge on any atom is -0.475 e. The van der Waals surface area contributed by atoms with E-state index in [1.54, 1.807) is 18.5 Å². The van der Waals surface area contributed by atoms with Crippen LogP contribution in [0.15, 0.2) is 36.7 Å². The third-order valence-electron chi connectivity index (χ3n) is 2.71. The van der Waals surface area contributed by atoms with Gasteiger partial charge in [0.25, 0.3) is 0 Å². The zero-order valence-corrected chi connectivity index (χ0v) is 10.5. The number of nitrogens with one attached hydrogen (secondary N) is 1. The first-order valence-electron chi connectivity index (χ1n) is 5.93. The van der Waals surface area contributed by atoms with Crippen LogP contribution in [0.25, 0.3) is 0 Å². The fraction of sp³-hybridized carbons (Fsp3) is 0.143. The maximum absolute atomic E-state index is 11.7. The molecule has 0 aliphatic carbocycles. The SMILES string of the molecule is O=C(O)C(=O)CC(=O)c1cc(Cc2ccccn2)c[nH]1. The number of carboxylic acids is 1. The van der Waals surface area contributed by atoms with Crippen LogP contribution in [0, 0.1) is 0 Å². The number of carboxylic acid groups (broad SMARTS) is 1. The lowest BCUT2D eigenvalue weighted by Crippen LogP contribution is -2.17. The van der Waals surface area contributed by atoms with Crippen molar-refractivity contribution in [3.05, 3.63) is 53.6 Å². The highest BCUT2D eigenvalue weighted by atomic mass is 16.4. The number of aromatic nitrogens is 2. The van der Waals surface area contributed by atoms with E-state index in [9.17, 15) is 14.4 Å². The topological polar surface area (TPSA) is 100 Å². The molecule has 6 heteroatoms. The molecule has 0 aromatic carbocycles. The van der Waals surface area contributed by atoms with Crippen LogP contribution in [0.1, 0.15) is 28.2 Å². The first-order valence-corrected chi connectivity index (χ1v) is 5.93. The number of hydrogen-bond acceptors (Lipinski definition) is 4. The van der Waals surface area contributed by atoms with Gasteiger partial charge >= 0.3 is 5.97 Å². The van der Waals surface area contributed by atoms with Gasteiger partial charge in [-0.25, -0.2) is 4.79 Å². The Kier molecular flexibility index (Phi) is 4.05. The molecule has 0 fully saturated rings. The molecule has 6 nitrogen and oxygen atoms in total. The summed E-state index contributed by atoms with van der Waals surface area (Å²) in [7, 11) is 0. The molecule has 0 radical (unpaired) electrons. The van der Waals surface area contributed by atoms with Crippen molar-refractivity contribution < 1.29 is 19.5 Å². The summed E-state index contributed by atoms with van der Waals surface area (Å²) < 4.78 is 0. The van der Waals surface area contributed by atoms with Crippen molar-refractivity contribution in [2.75, 3.05) is 0 Å². The number of ketones is 2. The third-order valence-corrected chi connectivity index (χ3v) is 2.71. The molecule has 0 saturated carbocycles. The number of carbonyl (C=O) groups excluding carboxylic acids is 2. The number of pyridine rings is 1. The Morgan fingerprint density at radius 3 is 2.70 bits per heavy atom. The number of nitrogens with zero attached hydrogens (tertiary/aromatic N) is 1. The quantitative estimate of drug-likeness (QED) is 0.468. The predicted octanol–water partition coefficient (Wildman–Crippen LogP) is 1.23. The van der Waals surface area contributed by atoms with Gasteiger partial charge in [-0.05, 0) is 23.8 Å². The summed E-state index contributed by atoms with van der Waals surface area (Å²) in [6.45, 7) is 0. The van der Waals surface area contributed by atoms with Crippen LogP contribution in [0.2, 0.25) is 0 Å². The Balaban J connectivity index is 2.04. The molecule has 2 aromatic rings. The molecule has 2 aromatic heterocycles. The molecule has 0 aliphatic heterocycles. The molecule has 0 amide bonds. The van der Waals surface area contributed by atoms with Crippen molar-refractivity contribution in [2.24, 2.45) is 0 Å². The lowest BCUT2D eigenvalue weighted by atomic mass is 10.1. The lowest BCUT2D eigenvalue weighted by molar-refractivity contribution is -0.148. The minimum absolute atomic E-state index is 0.227. The van der Waals surface area contributed by atoms with Gasteiger partial charge in [0.2, 0.25) is 5.78 Å². The Hall–Kier alpha value is -2.76. The Morgan fingerprint density at radius 2 is 2.05 bits per heavy atom. The van der Waals surface area contributed by atoms with E-state index in [0.29, 0.717) is 6.42 Å². The molecule has 2 heterocycles. The van der Waals surface area contributed by atoms with E-state index in [0.717, 1.165) is 11.3 Å². The molecular weight excluding hydrogens is 260 g/mol. The Bertz CT molecular complexity index is 646. The minimum atomic E-state index is -1.60. The van der Waals surface area contributed by atoms with Crippen molar-refractivity contribution in [3.63, 3.8) is 0 Å². The summed E-state index contributed by atoms with van der Waals surface area (Å²) in [5.41, 5.74) is 1.92. The number of hydrogen-bond donors (Lipinski definition) is 2.